The van der Waals surface area contributed by atoms with Crippen LogP contribution in [0.4, 0.5) is 0 Å². The Kier molecular flexibility index (Phi) is 12.4. The van der Waals surface area contributed by atoms with Gasteiger partial charge < -0.3 is 4.74 Å². The average Bonchev–Trinajstić information content (AvgIpc) is 3.30. The molecule has 0 fully saturated rings. The van der Waals surface area contributed by atoms with Crippen molar-refractivity contribution >= 4 is 39.3 Å². The van der Waals surface area contributed by atoms with Crippen molar-refractivity contribution in [2.24, 2.45) is 0 Å². The van der Waals surface area contributed by atoms with Gasteiger partial charge in [0.1, 0.15) is 0 Å². The summed E-state index contributed by atoms with van der Waals surface area (Å²) in [4.78, 5) is 30.0. The normalized spacial score (nSPS) is 11.8. The Morgan fingerprint density at radius 1 is 0.897 bits per heavy atom. The minimum atomic E-state index is -0.356. The summed E-state index contributed by atoms with van der Waals surface area (Å²) in [5.41, 5.74) is 2.98. The number of fused-ring (bicyclic) bond motifs is 1. The van der Waals surface area contributed by atoms with Crippen molar-refractivity contribution < 1.29 is 14.3 Å². The molecule has 0 atom stereocenters. The summed E-state index contributed by atoms with van der Waals surface area (Å²) in [5, 5.41) is 0.845. The molecule has 0 bridgehead atoms. The number of benzene rings is 2. The van der Waals surface area contributed by atoms with E-state index in [0.29, 0.717) is 11.1 Å². The molecule has 3 rings (SSSR count). The van der Waals surface area contributed by atoms with Gasteiger partial charge in [0.25, 0.3) is 0 Å². The first-order chi connectivity index (χ1) is 18.9. The summed E-state index contributed by atoms with van der Waals surface area (Å²) in [6.45, 7) is 13.5. The first kappa shape index (κ1) is 30.8. The van der Waals surface area contributed by atoms with E-state index in [1.54, 1.807) is 17.4 Å². The standard InChI is InChI=1S/C34H45NO3S/c1-6-9-14-31-32(29-24-28(19-20-30(29)39-31)34(37)38-25(4)5)33(36)27-17-15-26(16-18-27)13-12-23-35(21-10-7-2)22-11-8-3/h12-13,15-20,24-25H,6-11,14,21-23H2,1-5H3/b13-12+. The van der Waals surface area contributed by atoms with E-state index in [1.165, 1.54) is 25.7 Å². The molecule has 210 valence electrons. The third-order valence-corrected chi connectivity index (χ3v) is 8.06. The second-order valence-corrected chi connectivity index (χ2v) is 11.7. The Morgan fingerprint density at radius 3 is 2.15 bits per heavy atom. The Balaban J connectivity index is 1.83. The fourth-order valence-corrected chi connectivity index (χ4v) is 5.83. The summed E-state index contributed by atoms with van der Waals surface area (Å²) >= 11 is 1.66. The zero-order valence-corrected chi connectivity index (χ0v) is 25.2. The van der Waals surface area contributed by atoms with Crippen LogP contribution in [0.3, 0.4) is 0 Å². The smallest absolute Gasteiger partial charge is 0.338 e. The number of ether oxygens (including phenoxy) is 1. The second-order valence-electron chi connectivity index (χ2n) is 10.5. The highest BCUT2D eigenvalue weighted by molar-refractivity contribution is 7.19. The van der Waals surface area contributed by atoms with Crippen LogP contribution >= 0.6 is 11.3 Å². The van der Waals surface area contributed by atoms with Crippen LogP contribution in [0.1, 0.15) is 110 Å². The quantitative estimate of drug-likeness (QED) is 0.133. The van der Waals surface area contributed by atoms with E-state index in [-0.39, 0.29) is 17.9 Å². The molecule has 0 amide bonds. The number of ketones is 1. The lowest BCUT2D eigenvalue weighted by Gasteiger charge is -2.19. The van der Waals surface area contributed by atoms with Crippen LogP contribution in [0, 0.1) is 0 Å². The van der Waals surface area contributed by atoms with Crippen LogP contribution in [-0.2, 0) is 11.2 Å². The van der Waals surface area contributed by atoms with Gasteiger partial charge in [-0.2, -0.15) is 0 Å². The molecule has 0 unspecified atom stereocenters. The van der Waals surface area contributed by atoms with Crippen molar-refractivity contribution in [3.05, 3.63) is 75.7 Å². The molecular weight excluding hydrogens is 502 g/mol. The van der Waals surface area contributed by atoms with Crippen molar-refractivity contribution in [1.82, 2.24) is 4.90 Å². The van der Waals surface area contributed by atoms with Gasteiger partial charge in [-0.25, -0.2) is 4.79 Å². The lowest BCUT2D eigenvalue weighted by molar-refractivity contribution is 0.0378. The predicted molar refractivity (Wildman–Crippen MR) is 166 cm³/mol. The predicted octanol–water partition coefficient (Wildman–Crippen LogP) is 8.96. The van der Waals surface area contributed by atoms with Crippen LogP contribution in [0.25, 0.3) is 16.2 Å². The fraction of sp³-hybridized carbons (Fsp3) is 0.471. The van der Waals surface area contributed by atoms with Crippen molar-refractivity contribution in [3.8, 4) is 0 Å². The van der Waals surface area contributed by atoms with Gasteiger partial charge in [0, 0.05) is 32.6 Å². The van der Waals surface area contributed by atoms with E-state index in [0.717, 1.165) is 65.0 Å². The molecule has 1 aromatic heterocycles. The molecule has 0 aliphatic rings. The summed E-state index contributed by atoms with van der Waals surface area (Å²) in [5.74, 6) is -0.340. The second kappa shape index (κ2) is 15.7. The van der Waals surface area contributed by atoms with E-state index in [9.17, 15) is 9.59 Å². The van der Waals surface area contributed by atoms with E-state index < -0.39 is 0 Å². The lowest BCUT2D eigenvalue weighted by atomic mass is 9.97. The first-order valence-corrected chi connectivity index (χ1v) is 15.5. The first-order valence-electron chi connectivity index (χ1n) is 14.7. The van der Waals surface area contributed by atoms with E-state index in [1.807, 2.05) is 50.2 Å². The molecule has 3 aromatic rings. The highest BCUT2D eigenvalue weighted by Gasteiger charge is 2.22. The molecule has 1 heterocycles. The molecule has 0 spiro atoms. The minimum absolute atomic E-state index is 0.0163. The third-order valence-electron chi connectivity index (χ3n) is 6.83. The molecule has 2 aromatic carbocycles. The Hall–Kier alpha value is -2.76. The van der Waals surface area contributed by atoms with Gasteiger partial charge in [-0.05, 0) is 76.4 Å². The fourth-order valence-electron chi connectivity index (χ4n) is 4.61. The number of nitrogens with zero attached hydrogens (tertiary/aromatic N) is 1. The maximum absolute atomic E-state index is 13.8. The SMILES string of the molecule is CCCCc1sc2ccc(C(=O)OC(C)C)cc2c1C(=O)c1ccc(/C=C/CN(CCCC)CCCC)cc1. The zero-order valence-electron chi connectivity index (χ0n) is 24.4. The summed E-state index contributed by atoms with van der Waals surface area (Å²) in [7, 11) is 0. The lowest BCUT2D eigenvalue weighted by Crippen LogP contribution is -2.26. The minimum Gasteiger partial charge on any atom is -0.459 e. The van der Waals surface area contributed by atoms with Gasteiger partial charge in [0.2, 0.25) is 0 Å². The number of thiophene rings is 1. The van der Waals surface area contributed by atoms with E-state index in [2.05, 4.69) is 37.8 Å². The van der Waals surface area contributed by atoms with Gasteiger partial charge in [-0.3, -0.25) is 9.69 Å². The highest BCUT2D eigenvalue weighted by atomic mass is 32.1. The van der Waals surface area contributed by atoms with Crippen molar-refractivity contribution in [2.75, 3.05) is 19.6 Å². The number of carbonyl (C=O) groups excluding carboxylic acids is 2. The van der Waals surface area contributed by atoms with Gasteiger partial charge in [-0.1, -0.05) is 76.5 Å². The summed E-state index contributed by atoms with van der Waals surface area (Å²) in [6.07, 6.45) is 12.0. The van der Waals surface area contributed by atoms with Crippen LogP contribution in [-0.4, -0.2) is 42.4 Å². The number of hydrogen-bond acceptors (Lipinski definition) is 5. The number of carbonyl (C=O) groups is 2. The molecule has 0 N–H and O–H groups in total. The van der Waals surface area contributed by atoms with Crippen molar-refractivity contribution in [1.29, 1.82) is 0 Å². The number of hydrogen-bond donors (Lipinski definition) is 0. The van der Waals surface area contributed by atoms with Crippen LogP contribution in [0.15, 0.2) is 48.5 Å². The van der Waals surface area contributed by atoms with Crippen LogP contribution in [0.5, 0.6) is 0 Å². The van der Waals surface area contributed by atoms with Gasteiger partial charge >= 0.3 is 5.97 Å². The summed E-state index contributed by atoms with van der Waals surface area (Å²) < 4.78 is 6.44. The Bertz CT molecular complexity index is 1230. The molecule has 39 heavy (non-hydrogen) atoms. The Morgan fingerprint density at radius 2 is 1.54 bits per heavy atom. The topological polar surface area (TPSA) is 46.6 Å². The molecule has 4 nitrogen and oxygen atoms in total. The van der Waals surface area contributed by atoms with Gasteiger partial charge in [0.15, 0.2) is 5.78 Å². The number of aryl methyl sites for hydroxylation is 1. The molecule has 0 saturated carbocycles. The highest BCUT2D eigenvalue weighted by Crippen LogP contribution is 2.35. The van der Waals surface area contributed by atoms with Gasteiger partial charge in [-0.15, -0.1) is 11.3 Å². The molecule has 0 aliphatic heterocycles. The van der Waals surface area contributed by atoms with E-state index in [4.69, 9.17) is 4.74 Å². The van der Waals surface area contributed by atoms with Crippen molar-refractivity contribution in [2.45, 2.75) is 85.7 Å². The molecule has 0 saturated heterocycles. The maximum Gasteiger partial charge on any atom is 0.338 e. The number of esters is 1. The monoisotopic (exact) mass is 547 g/mol. The van der Waals surface area contributed by atoms with Gasteiger partial charge in [0.05, 0.1) is 11.7 Å². The molecule has 0 aliphatic carbocycles. The summed E-state index contributed by atoms with van der Waals surface area (Å²) in [6, 6.07) is 13.5. The number of rotatable bonds is 16. The maximum atomic E-state index is 13.8. The Labute approximate surface area is 239 Å². The third kappa shape index (κ3) is 8.87. The molecule has 0 radical (unpaired) electrons. The number of unbranched alkanes of at least 4 members (excludes halogenated alkanes) is 3. The van der Waals surface area contributed by atoms with Crippen LogP contribution < -0.4 is 0 Å². The average molecular weight is 548 g/mol. The zero-order chi connectivity index (χ0) is 28.2. The van der Waals surface area contributed by atoms with E-state index >= 15 is 0 Å². The molecule has 5 heteroatoms. The largest absolute Gasteiger partial charge is 0.459 e. The van der Waals surface area contributed by atoms with Crippen LogP contribution in [0.2, 0.25) is 0 Å². The van der Waals surface area contributed by atoms with Crippen molar-refractivity contribution in [3.63, 3.8) is 0 Å². The molecular formula is C34H45NO3S.